The molecule has 0 amide bonds. The zero-order valence-electron chi connectivity index (χ0n) is 14.3. The number of rotatable bonds is 6. The summed E-state index contributed by atoms with van der Waals surface area (Å²) in [6, 6.07) is 8.90. The highest BCUT2D eigenvalue weighted by atomic mass is 16.8. The summed E-state index contributed by atoms with van der Waals surface area (Å²) in [6.45, 7) is 6.88. The second kappa shape index (κ2) is 7.19. The lowest BCUT2D eigenvalue weighted by atomic mass is 10.00. The molecule has 6 nitrogen and oxygen atoms in total. The molecule has 0 radical (unpaired) electrons. The highest BCUT2D eigenvalue weighted by molar-refractivity contribution is 5.89. The van der Waals surface area contributed by atoms with Crippen LogP contribution in [0, 0.1) is 5.92 Å². The van der Waals surface area contributed by atoms with E-state index in [1.165, 1.54) is 0 Å². The number of hydrogen-bond acceptors (Lipinski definition) is 6. The Kier molecular flexibility index (Phi) is 5.20. The number of hydrogen-bond donors (Lipinski definition) is 0. The number of ether oxygens (including phenoxy) is 5. The van der Waals surface area contributed by atoms with E-state index in [-0.39, 0.29) is 30.7 Å². The molecule has 1 aromatic carbocycles. The molecular formula is C18H24O6. The van der Waals surface area contributed by atoms with Gasteiger partial charge in [-0.3, -0.25) is 0 Å². The van der Waals surface area contributed by atoms with Crippen molar-refractivity contribution in [2.24, 2.45) is 5.92 Å². The summed E-state index contributed by atoms with van der Waals surface area (Å²) in [5, 5.41) is 0. The Morgan fingerprint density at radius 2 is 1.92 bits per heavy atom. The molecule has 3 rings (SSSR count). The molecule has 2 fully saturated rings. The predicted molar refractivity (Wildman–Crippen MR) is 85.4 cm³/mol. The van der Waals surface area contributed by atoms with Crippen LogP contribution in [-0.4, -0.2) is 50.1 Å². The lowest BCUT2D eigenvalue weighted by molar-refractivity contribution is -0.215. The fourth-order valence-electron chi connectivity index (χ4n) is 3.07. The van der Waals surface area contributed by atoms with E-state index in [1.807, 2.05) is 26.8 Å². The minimum atomic E-state index is -0.675. The van der Waals surface area contributed by atoms with Crippen molar-refractivity contribution in [3.8, 4) is 0 Å². The molecule has 24 heavy (non-hydrogen) atoms. The molecule has 2 saturated heterocycles. The van der Waals surface area contributed by atoms with Gasteiger partial charge in [0, 0.05) is 12.5 Å². The molecule has 1 aromatic rings. The number of esters is 1. The van der Waals surface area contributed by atoms with Crippen molar-refractivity contribution in [2.45, 2.75) is 45.1 Å². The van der Waals surface area contributed by atoms with Gasteiger partial charge in [0.15, 0.2) is 12.1 Å². The molecule has 2 heterocycles. The molecule has 6 heteroatoms. The number of fused-ring (bicyclic) bond motifs is 1. The first-order chi connectivity index (χ1) is 11.5. The van der Waals surface area contributed by atoms with Crippen LogP contribution in [0.15, 0.2) is 30.3 Å². The van der Waals surface area contributed by atoms with Gasteiger partial charge in [-0.1, -0.05) is 18.2 Å². The summed E-state index contributed by atoms with van der Waals surface area (Å²) >= 11 is 0. The second-order valence-electron chi connectivity index (χ2n) is 6.43. The molecule has 0 unspecified atom stereocenters. The molecule has 2 aliphatic heterocycles. The average Bonchev–Trinajstić information content (AvgIpc) is 3.03. The van der Waals surface area contributed by atoms with Crippen LogP contribution < -0.4 is 0 Å². The van der Waals surface area contributed by atoms with Gasteiger partial charge in [-0.05, 0) is 32.9 Å². The van der Waals surface area contributed by atoms with Crippen LogP contribution in [-0.2, 0) is 23.7 Å². The SMILES string of the molecule is CCOC[C@H]1[C@H]2OC(C)(C)O[C@H]2O[C@@H]1COC(=O)c1ccccc1. The molecule has 0 aliphatic carbocycles. The van der Waals surface area contributed by atoms with Gasteiger partial charge in [-0.15, -0.1) is 0 Å². The van der Waals surface area contributed by atoms with E-state index < -0.39 is 12.1 Å². The quantitative estimate of drug-likeness (QED) is 0.743. The molecule has 2 aliphatic rings. The third-order valence-electron chi connectivity index (χ3n) is 4.20. The zero-order chi connectivity index (χ0) is 17.2. The summed E-state index contributed by atoms with van der Waals surface area (Å²) in [5.74, 6) is -1.08. The van der Waals surface area contributed by atoms with Crippen LogP contribution in [0.5, 0.6) is 0 Å². The number of carbonyl (C=O) groups excluding carboxylic acids is 1. The maximum absolute atomic E-state index is 12.1. The largest absolute Gasteiger partial charge is 0.459 e. The fourth-order valence-corrected chi connectivity index (χ4v) is 3.07. The van der Waals surface area contributed by atoms with Gasteiger partial charge in [0.1, 0.15) is 18.8 Å². The average molecular weight is 336 g/mol. The van der Waals surface area contributed by atoms with Crippen molar-refractivity contribution in [1.29, 1.82) is 0 Å². The Morgan fingerprint density at radius 3 is 2.62 bits per heavy atom. The predicted octanol–water partition coefficient (Wildman–Crippen LogP) is 2.37. The first-order valence-electron chi connectivity index (χ1n) is 8.31. The Bertz CT molecular complexity index is 558. The van der Waals surface area contributed by atoms with Gasteiger partial charge in [-0.2, -0.15) is 0 Å². The molecule has 0 bridgehead atoms. The lowest BCUT2D eigenvalue weighted by Crippen LogP contribution is -2.35. The lowest BCUT2D eigenvalue weighted by Gasteiger charge is -2.25. The summed E-state index contributed by atoms with van der Waals surface area (Å²) in [7, 11) is 0. The molecule has 0 aromatic heterocycles. The van der Waals surface area contributed by atoms with Crippen molar-refractivity contribution in [2.75, 3.05) is 19.8 Å². The molecular weight excluding hydrogens is 312 g/mol. The van der Waals surface area contributed by atoms with Crippen molar-refractivity contribution >= 4 is 5.97 Å². The van der Waals surface area contributed by atoms with Gasteiger partial charge in [0.05, 0.1) is 12.2 Å². The van der Waals surface area contributed by atoms with E-state index in [0.29, 0.717) is 18.8 Å². The van der Waals surface area contributed by atoms with E-state index in [4.69, 9.17) is 23.7 Å². The van der Waals surface area contributed by atoms with Gasteiger partial charge < -0.3 is 23.7 Å². The first-order valence-corrected chi connectivity index (χ1v) is 8.31. The Balaban J connectivity index is 1.61. The maximum atomic E-state index is 12.1. The van der Waals surface area contributed by atoms with Crippen LogP contribution in [0.25, 0.3) is 0 Å². The minimum absolute atomic E-state index is 0.0414. The Morgan fingerprint density at radius 1 is 1.17 bits per heavy atom. The van der Waals surface area contributed by atoms with Gasteiger partial charge in [0.25, 0.3) is 0 Å². The van der Waals surface area contributed by atoms with E-state index in [2.05, 4.69) is 0 Å². The Hall–Kier alpha value is -1.47. The van der Waals surface area contributed by atoms with Crippen molar-refractivity contribution < 1.29 is 28.5 Å². The van der Waals surface area contributed by atoms with E-state index in [1.54, 1.807) is 24.3 Å². The van der Waals surface area contributed by atoms with Gasteiger partial charge in [0.2, 0.25) is 0 Å². The molecule has 4 atom stereocenters. The molecule has 0 saturated carbocycles. The van der Waals surface area contributed by atoms with Crippen LogP contribution in [0.3, 0.4) is 0 Å². The Labute approximate surface area is 142 Å². The number of benzene rings is 1. The maximum Gasteiger partial charge on any atom is 0.338 e. The molecule has 132 valence electrons. The highest BCUT2D eigenvalue weighted by Gasteiger charge is 2.54. The minimum Gasteiger partial charge on any atom is -0.459 e. The van der Waals surface area contributed by atoms with Gasteiger partial charge in [-0.25, -0.2) is 4.79 Å². The van der Waals surface area contributed by atoms with E-state index in [0.717, 1.165) is 0 Å². The van der Waals surface area contributed by atoms with Crippen LogP contribution in [0.2, 0.25) is 0 Å². The normalized spacial score (nSPS) is 31.0. The summed E-state index contributed by atoms with van der Waals surface area (Å²) in [5.41, 5.74) is 0.519. The monoisotopic (exact) mass is 336 g/mol. The van der Waals surface area contributed by atoms with Crippen molar-refractivity contribution in [3.63, 3.8) is 0 Å². The molecule has 0 N–H and O–H groups in total. The summed E-state index contributed by atoms with van der Waals surface area (Å²) < 4.78 is 28.6. The third-order valence-corrected chi connectivity index (χ3v) is 4.20. The van der Waals surface area contributed by atoms with Crippen LogP contribution in [0.1, 0.15) is 31.1 Å². The zero-order valence-corrected chi connectivity index (χ0v) is 14.3. The first kappa shape index (κ1) is 17.4. The van der Waals surface area contributed by atoms with Crippen molar-refractivity contribution in [3.05, 3.63) is 35.9 Å². The summed E-state index contributed by atoms with van der Waals surface area (Å²) in [4.78, 5) is 12.1. The van der Waals surface area contributed by atoms with Crippen molar-refractivity contribution in [1.82, 2.24) is 0 Å². The van der Waals surface area contributed by atoms with Crippen LogP contribution >= 0.6 is 0 Å². The van der Waals surface area contributed by atoms with E-state index in [9.17, 15) is 4.79 Å². The summed E-state index contributed by atoms with van der Waals surface area (Å²) in [6.07, 6.45) is -0.979. The number of carbonyl (C=O) groups is 1. The van der Waals surface area contributed by atoms with Crippen LogP contribution in [0.4, 0.5) is 0 Å². The standard InChI is InChI=1S/C18H24O6/c1-4-20-10-13-14(22-17-15(13)23-18(2,3)24-17)11-21-16(19)12-8-6-5-7-9-12/h5-9,13-15,17H,4,10-11H2,1-3H3/t13-,14-,15-,17-/m1/s1. The highest BCUT2D eigenvalue weighted by Crippen LogP contribution is 2.40. The molecule has 0 spiro atoms. The van der Waals surface area contributed by atoms with E-state index >= 15 is 0 Å². The third kappa shape index (κ3) is 3.78. The van der Waals surface area contributed by atoms with Gasteiger partial charge >= 0.3 is 5.97 Å². The topological polar surface area (TPSA) is 63.2 Å². The smallest absolute Gasteiger partial charge is 0.338 e. The second-order valence-corrected chi connectivity index (χ2v) is 6.43. The fraction of sp³-hybridized carbons (Fsp3) is 0.611.